The fraction of sp³-hybridized carbons (Fsp3) is 0.769. The summed E-state index contributed by atoms with van der Waals surface area (Å²) in [7, 11) is 1.99. The molecule has 0 saturated carbocycles. The van der Waals surface area contributed by atoms with Gasteiger partial charge < -0.3 is 10.1 Å². The Balaban J connectivity index is 2.17. The second kappa shape index (κ2) is 5.65. The van der Waals surface area contributed by atoms with Gasteiger partial charge in [0.2, 0.25) is 0 Å². The Labute approximate surface area is 103 Å². The summed E-state index contributed by atoms with van der Waals surface area (Å²) in [4.78, 5) is 0. The van der Waals surface area contributed by atoms with Gasteiger partial charge in [-0.05, 0) is 52.3 Å². The van der Waals surface area contributed by atoms with Crippen LogP contribution in [0.1, 0.15) is 35.8 Å². The molecule has 0 aromatic carbocycles. The number of ether oxygens (including phenoxy) is 1. The van der Waals surface area contributed by atoms with Gasteiger partial charge in [0.15, 0.2) is 0 Å². The van der Waals surface area contributed by atoms with Crippen LogP contribution in [0.5, 0.6) is 0 Å². The van der Waals surface area contributed by atoms with Gasteiger partial charge in [-0.2, -0.15) is 5.10 Å². The number of nitrogens with zero attached hydrogens (tertiary/aromatic N) is 2. The molecule has 96 valence electrons. The van der Waals surface area contributed by atoms with E-state index in [0.29, 0.717) is 6.04 Å². The van der Waals surface area contributed by atoms with Gasteiger partial charge in [0.1, 0.15) is 0 Å². The van der Waals surface area contributed by atoms with Crippen molar-refractivity contribution in [1.82, 2.24) is 15.1 Å². The molecule has 0 amide bonds. The van der Waals surface area contributed by atoms with Crippen LogP contribution in [0.25, 0.3) is 0 Å². The van der Waals surface area contributed by atoms with Crippen molar-refractivity contribution in [3.05, 3.63) is 17.0 Å². The minimum atomic E-state index is 0.436. The van der Waals surface area contributed by atoms with Crippen LogP contribution in [0.2, 0.25) is 0 Å². The summed E-state index contributed by atoms with van der Waals surface area (Å²) in [6.07, 6.45) is 3.39. The lowest BCUT2D eigenvalue weighted by Crippen LogP contribution is -2.23. The third-order valence-electron chi connectivity index (χ3n) is 3.58. The number of likely N-dealkylation sites (N-methyl/N-ethyl adjacent to an activating group) is 1. The lowest BCUT2D eigenvalue weighted by Gasteiger charge is -2.23. The Morgan fingerprint density at radius 3 is 2.94 bits per heavy atom. The highest BCUT2D eigenvalue weighted by Gasteiger charge is 2.20. The van der Waals surface area contributed by atoms with Crippen LogP contribution in [0.15, 0.2) is 0 Å². The van der Waals surface area contributed by atoms with Gasteiger partial charge in [-0.1, -0.05) is 0 Å². The summed E-state index contributed by atoms with van der Waals surface area (Å²) >= 11 is 0. The molecule has 4 nitrogen and oxygen atoms in total. The molecule has 2 heterocycles. The number of nitrogens with one attached hydrogen (secondary N) is 1. The Hall–Kier alpha value is -0.870. The van der Waals surface area contributed by atoms with Crippen molar-refractivity contribution in [3.63, 3.8) is 0 Å². The minimum Gasteiger partial charge on any atom is -0.379 e. The van der Waals surface area contributed by atoms with Gasteiger partial charge in [0, 0.05) is 12.3 Å². The molecule has 2 rings (SSSR count). The van der Waals surface area contributed by atoms with Crippen LogP contribution >= 0.6 is 0 Å². The summed E-state index contributed by atoms with van der Waals surface area (Å²) < 4.78 is 7.73. The first kappa shape index (κ1) is 12.6. The first-order valence-corrected chi connectivity index (χ1v) is 6.51. The minimum absolute atomic E-state index is 0.436. The molecular formula is C13H23N3O. The molecule has 1 aliphatic rings. The SMILES string of the molecule is CNCCc1c(C)nn(C2CCCOC2)c1C. The van der Waals surface area contributed by atoms with Gasteiger partial charge >= 0.3 is 0 Å². The van der Waals surface area contributed by atoms with Crippen LogP contribution in [-0.2, 0) is 11.2 Å². The fourth-order valence-electron chi connectivity index (χ4n) is 2.58. The smallest absolute Gasteiger partial charge is 0.0756 e. The highest BCUT2D eigenvalue weighted by molar-refractivity contribution is 5.25. The summed E-state index contributed by atoms with van der Waals surface area (Å²) in [6, 6.07) is 0.436. The summed E-state index contributed by atoms with van der Waals surface area (Å²) in [5.74, 6) is 0. The zero-order chi connectivity index (χ0) is 12.3. The Morgan fingerprint density at radius 2 is 2.29 bits per heavy atom. The zero-order valence-electron chi connectivity index (χ0n) is 11.1. The first-order chi connectivity index (χ1) is 8.24. The highest BCUT2D eigenvalue weighted by atomic mass is 16.5. The van der Waals surface area contributed by atoms with Crippen molar-refractivity contribution in [1.29, 1.82) is 0 Å². The van der Waals surface area contributed by atoms with E-state index in [1.807, 2.05) is 7.05 Å². The normalized spacial score (nSPS) is 20.8. The zero-order valence-corrected chi connectivity index (χ0v) is 11.1. The molecule has 0 radical (unpaired) electrons. The molecule has 1 aliphatic heterocycles. The van der Waals surface area contributed by atoms with E-state index < -0.39 is 0 Å². The van der Waals surface area contributed by atoms with E-state index >= 15 is 0 Å². The van der Waals surface area contributed by atoms with Crippen molar-refractivity contribution in [2.75, 3.05) is 26.8 Å². The molecule has 0 aliphatic carbocycles. The standard InChI is InChI=1S/C13H23N3O/c1-10-13(6-7-14-3)11(2)16(15-10)12-5-4-8-17-9-12/h12,14H,4-9H2,1-3H3. The van der Waals surface area contributed by atoms with Crippen LogP contribution in [-0.4, -0.2) is 36.6 Å². The predicted molar refractivity (Wildman–Crippen MR) is 68.4 cm³/mol. The number of hydrogen-bond acceptors (Lipinski definition) is 3. The second-order valence-corrected chi connectivity index (χ2v) is 4.82. The molecule has 1 atom stereocenters. The Kier molecular flexibility index (Phi) is 4.18. The molecule has 1 aromatic rings. The highest BCUT2D eigenvalue weighted by Crippen LogP contribution is 2.23. The van der Waals surface area contributed by atoms with E-state index in [-0.39, 0.29) is 0 Å². The predicted octanol–water partition coefficient (Wildman–Crippen LogP) is 1.61. The van der Waals surface area contributed by atoms with Gasteiger partial charge in [0.25, 0.3) is 0 Å². The van der Waals surface area contributed by atoms with Gasteiger partial charge in [-0.15, -0.1) is 0 Å². The maximum atomic E-state index is 5.55. The van der Waals surface area contributed by atoms with Crippen molar-refractivity contribution < 1.29 is 4.74 Å². The van der Waals surface area contributed by atoms with Crippen LogP contribution in [0.3, 0.4) is 0 Å². The maximum Gasteiger partial charge on any atom is 0.0756 e. The monoisotopic (exact) mass is 237 g/mol. The third kappa shape index (κ3) is 2.69. The summed E-state index contributed by atoms with van der Waals surface area (Å²) in [5, 5.41) is 7.89. The molecule has 0 bridgehead atoms. The van der Waals surface area contributed by atoms with E-state index in [1.54, 1.807) is 0 Å². The number of rotatable bonds is 4. The molecule has 0 spiro atoms. The lowest BCUT2D eigenvalue weighted by molar-refractivity contribution is 0.0541. The average molecular weight is 237 g/mol. The van der Waals surface area contributed by atoms with Gasteiger partial charge in [-0.3, -0.25) is 4.68 Å². The summed E-state index contributed by atoms with van der Waals surface area (Å²) in [6.45, 7) is 7.02. The Morgan fingerprint density at radius 1 is 1.47 bits per heavy atom. The molecule has 1 saturated heterocycles. The van der Waals surface area contributed by atoms with Crippen molar-refractivity contribution in [2.45, 2.75) is 39.2 Å². The Bertz CT molecular complexity index is 367. The number of aromatic nitrogens is 2. The van der Waals surface area contributed by atoms with Crippen LogP contribution in [0.4, 0.5) is 0 Å². The average Bonchev–Trinajstić information content (AvgIpc) is 2.64. The quantitative estimate of drug-likeness (QED) is 0.865. The van der Waals surface area contributed by atoms with E-state index in [0.717, 1.165) is 32.6 Å². The molecule has 17 heavy (non-hydrogen) atoms. The van der Waals surface area contributed by atoms with Crippen molar-refractivity contribution in [2.24, 2.45) is 0 Å². The molecular weight excluding hydrogens is 214 g/mol. The van der Waals surface area contributed by atoms with Crippen LogP contribution < -0.4 is 5.32 Å². The third-order valence-corrected chi connectivity index (χ3v) is 3.58. The second-order valence-electron chi connectivity index (χ2n) is 4.82. The topological polar surface area (TPSA) is 39.1 Å². The van der Waals surface area contributed by atoms with Gasteiger partial charge in [-0.25, -0.2) is 0 Å². The van der Waals surface area contributed by atoms with Crippen molar-refractivity contribution in [3.8, 4) is 0 Å². The maximum absolute atomic E-state index is 5.55. The lowest BCUT2D eigenvalue weighted by atomic mass is 10.1. The fourth-order valence-corrected chi connectivity index (χ4v) is 2.58. The van der Waals surface area contributed by atoms with E-state index in [1.165, 1.54) is 23.4 Å². The van der Waals surface area contributed by atoms with E-state index in [2.05, 4.69) is 23.8 Å². The number of aryl methyl sites for hydroxylation is 1. The summed E-state index contributed by atoms with van der Waals surface area (Å²) in [5.41, 5.74) is 3.88. The molecule has 1 aromatic heterocycles. The van der Waals surface area contributed by atoms with Crippen LogP contribution in [0, 0.1) is 13.8 Å². The molecule has 4 heteroatoms. The molecule has 1 N–H and O–H groups in total. The molecule has 1 unspecified atom stereocenters. The van der Waals surface area contributed by atoms with Gasteiger partial charge in [0.05, 0.1) is 18.3 Å². The van der Waals surface area contributed by atoms with E-state index in [9.17, 15) is 0 Å². The van der Waals surface area contributed by atoms with E-state index in [4.69, 9.17) is 9.84 Å². The largest absolute Gasteiger partial charge is 0.379 e. The first-order valence-electron chi connectivity index (χ1n) is 6.51. The number of hydrogen-bond donors (Lipinski definition) is 1. The van der Waals surface area contributed by atoms with Crippen molar-refractivity contribution >= 4 is 0 Å². The molecule has 1 fully saturated rings.